The highest BCUT2D eigenvalue weighted by molar-refractivity contribution is 6.16. The standard InChI is InChI=1S/C36H42N4O13/c1-18-31(45)23(37)14-28(52-18)53-24-16-36(50,35(49)39-38-25(42)9-4-3-5-12-40-26(43)10-11-27(40)44)15-21-29(24)34(48)22(17-41)30(33(21)47)32(46)19-7-6-8-20(13-19)51-2/h6-8,10-11,13,17-18,23-24,28,31,45,47-48,50H,3-5,9,12,14-16,37H2,1-2H3,(H,38,42)(H,39,49)/t18-,23-,24?,28?,31+,36?/m0/s1. The molecule has 1 saturated heterocycles. The third kappa shape index (κ3) is 8.23. The second kappa shape index (κ2) is 16.2. The molecule has 5 rings (SSSR count). The van der Waals surface area contributed by atoms with Crippen molar-refractivity contribution < 1.29 is 63.4 Å². The van der Waals surface area contributed by atoms with Gasteiger partial charge in [-0.05, 0) is 31.9 Å². The number of benzene rings is 2. The number of carbonyl (C=O) groups is 6. The smallest absolute Gasteiger partial charge is 0.270 e. The van der Waals surface area contributed by atoms with E-state index in [0.717, 1.165) is 4.90 Å². The number of nitrogens with one attached hydrogen (secondary N) is 2. The predicted molar refractivity (Wildman–Crippen MR) is 182 cm³/mol. The maximum Gasteiger partial charge on any atom is 0.270 e. The molecule has 1 fully saturated rings. The fourth-order valence-electron chi connectivity index (χ4n) is 6.70. The predicted octanol–water partition coefficient (Wildman–Crippen LogP) is 0.341. The Balaban J connectivity index is 1.38. The summed E-state index contributed by atoms with van der Waals surface area (Å²) < 4.78 is 17.0. The minimum absolute atomic E-state index is 0.00593. The molecule has 0 saturated carbocycles. The highest BCUT2D eigenvalue weighted by Gasteiger charge is 2.49. The molecule has 1 aliphatic carbocycles. The molecule has 0 bridgehead atoms. The van der Waals surface area contributed by atoms with Gasteiger partial charge in [-0.25, -0.2) is 0 Å². The van der Waals surface area contributed by atoms with Crippen LogP contribution in [0, 0.1) is 0 Å². The number of carbonyl (C=O) groups excluding carboxylic acids is 6. The third-order valence-corrected chi connectivity index (χ3v) is 9.61. The van der Waals surface area contributed by atoms with Crippen LogP contribution in [0.5, 0.6) is 17.2 Å². The number of hydrogen-bond acceptors (Lipinski definition) is 14. The SMILES string of the molecule is COc1cccc(C(=O)c2c(O)c3c(c(O)c2C=O)C(OC2C[C@H](N)[C@H](O)[C@H](C)O2)CC(O)(C(=O)NNC(=O)CCCCCN2C(=O)C=CC2=O)C3)c1. The number of methoxy groups -OCH3 is 1. The molecule has 2 aliphatic heterocycles. The van der Waals surface area contributed by atoms with Gasteiger partial charge in [-0.2, -0.15) is 0 Å². The normalized spacial score (nSPS) is 25.2. The lowest BCUT2D eigenvalue weighted by molar-refractivity contribution is -0.247. The van der Waals surface area contributed by atoms with E-state index in [9.17, 15) is 49.2 Å². The quantitative estimate of drug-likeness (QED) is 0.0365. The Kier molecular flexibility index (Phi) is 11.9. The Bertz CT molecular complexity index is 1800. The maximum atomic E-state index is 13.8. The molecule has 0 radical (unpaired) electrons. The molecule has 0 spiro atoms. The lowest BCUT2D eigenvalue weighted by Gasteiger charge is -2.42. The number of aliphatic hydroxyl groups is 2. The summed E-state index contributed by atoms with van der Waals surface area (Å²) in [7, 11) is 1.38. The zero-order chi connectivity index (χ0) is 38.6. The number of ether oxygens (including phenoxy) is 3. The summed E-state index contributed by atoms with van der Waals surface area (Å²) in [5.74, 6) is -4.64. The first-order valence-corrected chi connectivity index (χ1v) is 17.0. The van der Waals surface area contributed by atoms with E-state index in [1.165, 1.54) is 37.5 Å². The van der Waals surface area contributed by atoms with Gasteiger partial charge in [0.05, 0.1) is 36.5 Å². The number of aldehydes is 1. The van der Waals surface area contributed by atoms with Gasteiger partial charge in [-0.15, -0.1) is 0 Å². The van der Waals surface area contributed by atoms with E-state index in [-0.39, 0.29) is 42.4 Å². The van der Waals surface area contributed by atoms with E-state index in [0.29, 0.717) is 25.0 Å². The molecule has 0 aromatic heterocycles. The molecular weight excluding hydrogens is 696 g/mol. The van der Waals surface area contributed by atoms with Crippen LogP contribution in [0.4, 0.5) is 0 Å². The number of hydrogen-bond donors (Lipinski definition) is 7. The number of nitrogens with zero attached hydrogens (tertiary/aromatic N) is 1. The van der Waals surface area contributed by atoms with Gasteiger partial charge in [0, 0.05) is 67.1 Å². The molecule has 2 aromatic rings. The van der Waals surface area contributed by atoms with Crippen molar-refractivity contribution in [2.45, 2.75) is 88.1 Å². The molecule has 6 atom stereocenters. The molecule has 53 heavy (non-hydrogen) atoms. The first-order valence-electron chi connectivity index (χ1n) is 17.0. The molecule has 2 heterocycles. The Morgan fingerprint density at radius 2 is 1.81 bits per heavy atom. The number of rotatable bonds is 13. The van der Waals surface area contributed by atoms with Crippen molar-refractivity contribution in [3.63, 3.8) is 0 Å². The first-order chi connectivity index (χ1) is 25.2. The van der Waals surface area contributed by atoms with Crippen molar-refractivity contribution in [3.05, 3.63) is 64.2 Å². The summed E-state index contributed by atoms with van der Waals surface area (Å²) in [4.78, 5) is 76.8. The van der Waals surface area contributed by atoms with E-state index >= 15 is 0 Å². The van der Waals surface area contributed by atoms with Crippen LogP contribution >= 0.6 is 0 Å². The summed E-state index contributed by atoms with van der Waals surface area (Å²) in [6.07, 6.45) is -1.90. The number of unbranched alkanes of at least 4 members (excludes halogenated alkanes) is 2. The van der Waals surface area contributed by atoms with Crippen molar-refractivity contribution in [3.8, 4) is 17.2 Å². The summed E-state index contributed by atoms with van der Waals surface area (Å²) in [5.41, 5.74) is 6.43. The van der Waals surface area contributed by atoms with Gasteiger partial charge in [-0.3, -0.25) is 44.5 Å². The van der Waals surface area contributed by atoms with Gasteiger partial charge in [-0.1, -0.05) is 18.6 Å². The van der Waals surface area contributed by atoms with Crippen LogP contribution in [0.3, 0.4) is 0 Å². The fraction of sp³-hybridized carbons (Fsp3) is 0.444. The van der Waals surface area contributed by atoms with Crippen LogP contribution in [-0.4, -0.2) is 105 Å². The molecule has 17 heteroatoms. The number of aliphatic hydroxyl groups excluding tert-OH is 1. The van der Waals surface area contributed by atoms with Crippen LogP contribution in [0.1, 0.15) is 89.0 Å². The minimum Gasteiger partial charge on any atom is -0.507 e. The largest absolute Gasteiger partial charge is 0.507 e. The molecule has 2 aromatic carbocycles. The van der Waals surface area contributed by atoms with Crippen LogP contribution in [0.15, 0.2) is 36.4 Å². The number of ketones is 1. The minimum atomic E-state index is -2.43. The monoisotopic (exact) mass is 738 g/mol. The Morgan fingerprint density at radius 1 is 1.09 bits per heavy atom. The van der Waals surface area contributed by atoms with Crippen LogP contribution in [0.2, 0.25) is 0 Å². The van der Waals surface area contributed by atoms with E-state index in [2.05, 4.69) is 10.9 Å². The van der Waals surface area contributed by atoms with Crippen LogP contribution < -0.4 is 21.3 Å². The van der Waals surface area contributed by atoms with E-state index in [1.807, 2.05) is 0 Å². The number of imide groups is 1. The van der Waals surface area contributed by atoms with Gasteiger partial charge < -0.3 is 40.4 Å². The van der Waals surface area contributed by atoms with Crippen molar-refractivity contribution in [2.24, 2.45) is 5.73 Å². The number of aromatic hydroxyl groups is 2. The number of fused-ring (bicyclic) bond motifs is 1. The van der Waals surface area contributed by atoms with E-state index < -0.39 is 101 Å². The number of phenols is 2. The first kappa shape index (κ1) is 39.0. The summed E-state index contributed by atoms with van der Waals surface area (Å²) in [6.45, 7) is 1.75. The Labute approximate surface area is 303 Å². The van der Waals surface area contributed by atoms with Gasteiger partial charge in [0.1, 0.15) is 17.2 Å². The second-order valence-corrected chi connectivity index (χ2v) is 13.2. The molecule has 3 unspecified atom stereocenters. The number of nitrogens with two attached hydrogens (primary N) is 1. The van der Waals surface area contributed by atoms with Gasteiger partial charge in [0.25, 0.3) is 17.7 Å². The van der Waals surface area contributed by atoms with Crippen LogP contribution in [0.25, 0.3) is 0 Å². The summed E-state index contributed by atoms with van der Waals surface area (Å²) in [6, 6.07) is 5.05. The molecular formula is C36H42N4O13. The maximum absolute atomic E-state index is 13.8. The highest BCUT2D eigenvalue weighted by Crippen LogP contribution is 2.50. The lowest BCUT2D eigenvalue weighted by atomic mass is 9.75. The van der Waals surface area contributed by atoms with Gasteiger partial charge in [0.2, 0.25) is 5.91 Å². The van der Waals surface area contributed by atoms with Crippen LogP contribution in [-0.2, 0) is 35.1 Å². The average Bonchev–Trinajstić information content (AvgIpc) is 3.45. The lowest BCUT2D eigenvalue weighted by Crippen LogP contribution is -2.57. The summed E-state index contributed by atoms with van der Waals surface area (Å²) in [5, 5.41) is 45.2. The molecule has 284 valence electrons. The second-order valence-electron chi connectivity index (χ2n) is 13.2. The number of phenolic OH excluding ortho intramolecular Hbond substituents is 2. The number of hydrazine groups is 1. The van der Waals surface area contributed by atoms with Crippen molar-refractivity contribution in [1.29, 1.82) is 0 Å². The molecule has 8 N–H and O–H groups in total. The van der Waals surface area contributed by atoms with Crippen molar-refractivity contribution >= 4 is 35.7 Å². The zero-order valence-electron chi connectivity index (χ0n) is 29.1. The third-order valence-electron chi connectivity index (χ3n) is 9.61. The zero-order valence-corrected chi connectivity index (χ0v) is 29.1. The summed E-state index contributed by atoms with van der Waals surface area (Å²) >= 11 is 0. The van der Waals surface area contributed by atoms with Crippen molar-refractivity contribution in [1.82, 2.24) is 15.8 Å². The highest BCUT2D eigenvalue weighted by atomic mass is 16.7. The Morgan fingerprint density at radius 3 is 2.47 bits per heavy atom. The topological polar surface area (TPSA) is 264 Å². The van der Waals surface area contributed by atoms with E-state index in [1.54, 1.807) is 13.0 Å². The fourth-order valence-corrected chi connectivity index (χ4v) is 6.70. The average molecular weight is 739 g/mol. The van der Waals surface area contributed by atoms with Crippen molar-refractivity contribution in [2.75, 3.05) is 13.7 Å². The molecule has 3 aliphatic rings. The van der Waals surface area contributed by atoms with Gasteiger partial charge in [0.15, 0.2) is 24.0 Å². The Hall–Kier alpha value is -5.20. The van der Waals surface area contributed by atoms with Gasteiger partial charge >= 0.3 is 0 Å². The molecule has 4 amide bonds. The number of amides is 4. The van der Waals surface area contributed by atoms with E-state index in [4.69, 9.17) is 19.9 Å². The molecule has 17 nitrogen and oxygen atoms in total.